The highest BCUT2D eigenvalue weighted by molar-refractivity contribution is 7.17. The van der Waals surface area contributed by atoms with Crippen molar-refractivity contribution in [3.05, 3.63) is 27.6 Å². The molecule has 2 heterocycles. The second-order valence-electron chi connectivity index (χ2n) is 4.92. The smallest absolute Gasteiger partial charge is 0.268 e. The molecule has 0 aliphatic heterocycles. The molecule has 3 rings (SSSR count). The molecule has 2 aromatic heterocycles. The number of hydrogen-bond acceptors (Lipinski definition) is 5. The van der Waals surface area contributed by atoms with Gasteiger partial charge in [0.25, 0.3) is 5.56 Å². The number of hydrogen-bond donors (Lipinski definition) is 2. The van der Waals surface area contributed by atoms with Crippen molar-refractivity contribution in [2.45, 2.75) is 32.0 Å². The highest BCUT2D eigenvalue weighted by Crippen LogP contribution is 2.27. The van der Waals surface area contributed by atoms with Gasteiger partial charge in [0.05, 0.1) is 11.6 Å². The number of ether oxygens (including phenoxy) is 1. The Morgan fingerprint density at radius 2 is 2.42 bits per heavy atom. The monoisotopic (exact) mass is 279 g/mol. The molecule has 2 aromatic rings. The average Bonchev–Trinajstić information content (AvgIpc) is 3.04. The molecule has 1 aliphatic carbocycles. The number of aromatic amines is 1. The van der Waals surface area contributed by atoms with Gasteiger partial charge in [-0.15, -0.1) is 11.3 Å². The Labute approximate surface area is 114 Å². The molecule has 0 amide bonds. The number of aromatic nitrogens is 2. The van der Waals surface area contributed by atoms with Crippen LogP contribution in [0.25, 0.3) is 10.2 Å². The summed E-state index contributed by atoms with van der Waals surface area (Å²) in [6, 6.07) is 1.86. The lowest BCUT2D eigenvalue weighted by Crippen LogP contribution is -2.25. The van der Waals surface area contributed by atoms with E-state index in [1.165, 1.54) is 17.8 Å². The van der Waals surface area contributed by atoms with Crippen LogP contribution in [0.4, 0.5) is 0 Å². The first-order chi connectivity index (χ1) is 9.28. The van der Waals surface area contributed by atoms with Crippen molar-refractivity contribution in [1.82, 2.24) is 9.97 Å². The Morgan fingerprint density at radius 3 is 3.26 bits per heavy atom. The van der Waals surface area contributed by atoms with Gasteiger partial charge in [0.1, 0.15) is 17.1 Å². The van der Waals surface area contributed by atoms with E-state index in [9.17, 15) is 4.79 Å². The summed E-state index contributed by atoms with van der Waals surface area (Å²) in [5, 5.41) is 1.87. The highest BCUT2D eigenvalue weighted by Gasteiger charge is 2.26. The molecule has 1 aliphatic rings. The maximum Gasteiger partial charge on any atom is 0.268 e. The molecule has 0 radical (unpaired) electrons. The molecule has 102 valence electrons. The summed E-state index contributed by atoms with van der Waals surface area (Å²) in [6.45, 7) is 1.01. The second kappa shape index (κ2) is 5.40. The van der Waals surface area contributed by atoms with Crippen molar-refractivity contribution in [2.75, 3.05) is 6.54 Å². The Morgan fingerprint density at radius 1 is 1.53 bits per heavy atom. The molecule has 6 heteroatoms. The fraction of sp³-hybridized carbons (Fsp3) is 0.538. The number of rotatable bonds is 4. The SMILES string of the molecule is NCC1CCCC1OCc1nc2ccsc2c(=O)[nH]1. The predicted octanol–water partition coefficient (Wildman–Crippen LogP) is 1.63. The molecule has 0 aromatic carbocycles. The van der Waals surface area contributed by atoms with Crippen molar-refractivity contribution < 1.29 is 4.74 Å². The zero-order valence-corrected chi connectivity index (χ0v) is 11.4. The zero-order valence-electron chi connectivity index (χ0n) is 10.6. The highest BCUT2D eigenvalue weighted by atomic mass is 32.1. The first-order valence-electron chi connectivity index (χ1n) is 6.56. The van der Waals surface area contributed by atoms with Crippen LogP contribution in [-0.2, 0) is 11.3 Å². The van der Waals surface area contributed by atoms with Crippen LogP contribution in [0.3, 0.4) is 0 Å². The van der Waals surface area contributed by atoms with Gasteiger partial charge in [-0.05, 0) is 36.8 Å². The van der Waals surface area contributed by atoms with Gasteiger partial charge in [0.2, 0.25) is 0 Å². The van der Waals surface area contributed by atoms with Crippen LogP contribution in [0.2, 0.25) is 0 Å². The average molecular weight is 279 g/mol. The molecule has 0 bridgehead atoms. The maximum atomic E-state index is 11.8. The van der Waals surface area contributed by atoms with Gasteiger partial charge < -0.3 is 15.5 Å². The third-order valence-corrected chi connectivity index (χ3v) is 4.59. The fourth-order valence-electron chi connectivity index (χ4n) is 2.67. The lowest BCUT2D eigenvalue weighted by atomic mass is 10.1. The van der Waals surface area contributed by atoms with Gasteiger partial charge in [-0.2, -0.15) is 0 Å². The topological polar surface area (TPSA) is 81.0 Å². The third kappa shape index (κ3) is 2.56. The standard InChI is InChI=1S/C13H17N3O2S/c14-6-8-2-1-3-10(8)18-7-11-15-9-4-5-19-12(9)13(17)16-11/h4-5,8,10H,1-3,6-7,14H2,(H,15,16,17). The van der Waals surface area contributed by atoms with Crippen molar-refractivity contribution >= 4 is 21.6 Å². The van der Waals surface area contributed by atoms with Crippen LogP contribution in [0, 0.1) is 5.92 Å². The van der Waals surface area contributed by atoms with E-state index >= 15 is 0 Å². The summed E-state index contributed by atoms with van der Waals surface area (Å²) >= 11 is 1.41. The van der Waals surface area contributed by atoms with Crippen LogP contribution < -0.4 is 11.3 Å². The first-order valence-corrected chi connectivity index (χ1v) is 7.44. The third-order valence-electron chi connectivity index (χ3n) is 3.69. The molecule has 1 fully saturated rings. The number of nitrogens with zero attached hydrogens (tertiary/aromatic N) is 1. The molecular formula is C13H17N3O2S. The summed E-state index contributed by atoms with van der Waals surface area (Å²) in [5.41, 5.74) is 6.39. The van der Waals surface area contributed by atoms with Gasteiger partial charge in [-0.25, -0.2) is 4.98 Å². The fourth-order valence-corrected chi connectivity index (χ4v) is 3.39. The number of fused-ring (bicyclic) bond motifs is 1. The molecule has 2 atom stereocenters. The lowest BCUT2D eigenvalue weighted by molar-refractivity contribution is 0.0149. The van der Waals surface area contributed by atoms with Crippen molar-refractivity contribution in [1.29, 1.82) is 0 Å². The van der Waals surface area contributed by atoms with Gasteiger partial charge in [-0.3, -0.25) is 4.79 Å². The van der Waals surface area contributed by atoms with E-state index in [0.717, 1.165) is 18.4 Å². The minimum Gasteiger partial charge on any atom is -0.370 e. The van der Waals surface area contributed by atoms with Crippen LogP contribution in [0.15, 0.2) is 16.2 Å². The molecule has 19 heavy (non-hydrogen) atoms. The van der Waals surface area contributed by atoms with E-state index < -0.39 is 0 Å². The summed E-state index contributed by atoms with van der Waals surface area (Å²) in [4.78, 5) is 19.0. The lowest BCUT2D eigenvalue weighted by Gasteiger charge is -2.18. The minimum atomic E-state index is -0.0830. The van der Waals surface area contributed by atoms with E-state index in [1.54, 1.807) is 0 Å². The van der Waals surface area contributed by atoms with E-state index in [1.807, 2.05) is 11.4 Å². The van der Waals surface area contributed by atoms with Gasteiger partial charge in [-0.1, -0.05) is 6.42 Å². The molecule has 0 spiro atoms. The zero-order chi connectivity index (χ0) is 13.2. The molecule has 0 saturated heterocycles. The van der Waals surface area contributed by atoms with E-state index in [-0.39, 0.29) is 11.7 Å². The van der Waals surface area contributed by atoms with Crippen LogP contribution >= 0.6 is 11.3 Å². The molecule has 5 nitrogen and oxygen atoms in total. The number of nitrogens with one attached hydrogen (secondary N) is 1. The number of thiophene rings is 1. The Bertz CT molecular complexity index is 622. The van der Waals surface area contributed by atoms with Crippen LogP contribution in [-0.4, -0.2) is 22.6 Å². The molecule has 1 saturated carbocycles. The van der Waals surface area contributed by atoms with Gasteiger partial charge in [0.15, 0.2) is 0 Å². The van der Waals surface area contributed by atoms with Crippen molar-refractivity contribution in [2.24, 2.45) is 11.7 Å². The Kier molecular flexibility index (Phi) is 3.63. The number of H-pyrrole nitrogens is 1. The largest absolute Gasteiger partial charge is 0.370 e. The predicted molar refractivity (Wildman–Crippen MR) is 75.2 cm³/mol. The number of nitrogens with two attached hydrogens (primary N) is 1. The van der Waals surface area contributed by atoms with Gasteiger partial charge in [0, 0.05) is 0 Å². The van der Waals surface area contributed by atoms with Gasteiger partial charge >= 0.3 is 0 Å². The normalized spacial score (nSPS) is 23.2. The van der Waals surface area contributed by atoms with E-state index in [2.05, 4.69) is 9.97 Å². The van der Waals surface area contributed by atoms with E-state index in [4.69, 9.17) is 10.5 Å². The summed E-state index contributed by atoms with van der Waals surface area (Å²) in [5.74, 6) is 1.04. The quantitative estimate of drug-likeness (QED) is 0.891. The minimum absolute atomic E-state index is 0.0830. The second-order valence-corrected chi connectivity index (χ2v) is 5.84. The van der Waals surface area contributed by atoms with Crippen LogP contribution in [0.1, 0.15) is 25.1 Å². The van der Waals surface area contributed by atoms with Crippen molar-refractivity contribution in [3.63, 3.8) is 0 Å². The molecular weight excluding hydrogens is 262 g/mol. The molecule has 3 N–H and O–H groups in total. The first kappa shape index (κ1) is 12.8. The van der Waals surface area contributed by atoms with E-state index in [0.29, 0.717) is 29.6 Å². The molecule has 2 unspecified atom stereocenters. The van der Waals surface area contributed by atoms with Crippen molar-refractivity contribution in [3.8, 4) is 0 Å². The van der Waals surface area contributed by atoms with Crippen LogP contribution in [0.5, 0.6) is 0 Å². The maximum absolute atomic E-state index is 11.8. The Balaban J connectivity index is 1.73. The summed E-state index contributed by atoms with van der Waals surface area (Å²) in [7, 11) is 0. The Hall–Kier alpha value is -1.24. The summed E-state index contributed by atoms with van der Waals surface area (Å²) < 4.78 is 6.53. The summed E-state index contributed by atoms with van der Waals surface area (Å²) in [6.07, 6.45) is 3.55.